The molecule has 0 saturated carbocycles. The summed E-state index contributed by atoms with van der Waals surface area (Å²) in [4.78, 5) is 19.7. The van der Waals surface area contributed by atoms with Gasteiger partial charge < -0.3 is 9.53 Å². The Labute approximate surface area is 68.0 Å². The van der Waals surface area contributed by atoms with Gasteiger partial charge in [0.25, 0.3) is 0 Å². The van der Waals surface area contributed by atoms with Crippen LogP contribution in [0.1, 0.15) is 12.8 Å². The number of methoxy groups -OCH3 is 1. The first-order chi connectivity index (χ1) is 3.81. The Morgan fingerprint density at radius 1 is 1.67 bits per heavy atom. The van der Waals surface area contributed by atoms with Gasteiger partial charge in [-0.25, -0.2) is 0 Å². The quantitative estimate of drug-likeness (QED) is 0.546. The van der Waals surface area contributed by atoms with Crippen molar-refractivity contribution < 1.29 is 35.4 Å². The van der Waals surface area contributed by atoms with Gasteiger partial charge in [-0.1, -0.05) is 0 Å². The first-order valence-corrected chi connectivity index (χ1v) is 2.23. The number of hydrogen-bond donors (Lipinski definition) is 0. The van der Waals surface area contributed by atoms with Crippen LogP contribution in [0.15, 0.2) is 0 Å². The number of esters is 1. The van der Waals surface area contributed by atoms with E-state index in [0.717, 1.165) is 0 Å². The summed E-state index contributed by atoms with van der Waals surface area (Å²) in [5.74, 6) is -0.367. The summed E-state index contributed by atoms with van der Waals surface area (Å²) in [6, 6.07) is 0. The molecule has 0 atom stereocenters. The van der Waals surface area contributed by atoms with Crippen molar-refractivity contribution in [3.63, 3.8) is 0 Å². The van der Waals surface area contributed by atoms with Crippen LogP contribution >= 0.6 is 0 Å². The molecule has 0 aromatic rings. The molecule has 0 N–H and O–H groups in total. The second-order valence-electron chi connectivity index (χ2n) is 1.22. The largest absolute Gasteiger partial charge is 0.542 e. The smallest absolute Gasteiger partial charge is 0.303 e. The Balaban J connectivity index is 0. The van der Waals surface area contributed by atoms with Crippen LogP contribution in [0.25, 0.3) is 0 Å². The summed E-state index contributed by atoms with van der Waals surface area (Å²) in [6.45, 7) is 0. The number of carbonyl (C=O) groups is 1. The minimum atomic E-state index is -0.367. The Morgan fingerprint density at radius 2 is 2.22 bits per heavy atom. The van der Waals surface area contributed by atoms with E-state index >= 15 is 0 Å². The SMILES string of the molecule is COC(=O)CC[C-]=O.[W]. The molecule has 0 aliphatic rings. The van der Waals surface area contributed by atoms with Crippen LogP contribution in [-0.4, -0.2) is 19.4 Å². The van der Waals surface area contributed by atoms with Crippen molar-refractivity contribution in [2.24, 2.45) is 0 Å². The van der Waals surface area contributed by atoms with Crippen molar-refractivity contribution in [1.82, 2.24) is 0 Å². The van der Waals surface area contributed by atoms with E-state index in [1.165, 1.54) is 7.11 Å². The van der Waals surface area contributed by atoms with E-state index in [-0.39, 0.29) is 39.9 Å². The van der Waals surface area contributed by atoms with Gasteiger partial charge >= 0.3 is 5.97 Å². The molecule has 0 spiro atoms. The minimum absolute atomic E-state index is 0. The average molecular weight is 299 g/mol. The third-order valence-electron chi connectivity index (χ3n) is 0.659. The van der Waals surface area contributed by atoms with Crippen molar-refractivity contribution in [3.8, 4) is 0 Å². The van der Waals surface area contributed by atoms with E-state index in [1.807, 2.05) is 0 Å². The summed E-state index contributed by atoms with van der Waals surface area (Å²) in [7, 11) is 1.28. The van der Waals surface area contributed by atoms with Crippen molar-refractivity contribution in [3.05, 3.63) is 0 Å². The maximum atomic E-state index is 10.2. The normalized spacial score (nSPS) is 7.22. The molecule has 0 bridgehead atoms. The van der Waals surface area contributed by atoms with E-state index in [2.05, 4.69) is 4.74 Å². The van der Waals surface area contributed by atoms with Gasteiger partial charge in [0.1, 0.15) is 0 Å². The van der Waals surface area contributed by atoms with Crippen LogP contribution < -0.4 is 0 Å². The Hall–Kier alpha value is -0.172. The molecule has 0 aromatic heterocycles. The zero-order valence-electron chi connectivity index (χ0n) is 5.05. The number of carbonyl (C=O) groups excluding carboxylic acids is 2. The molecule has 0 unspecified atom stereocenters. The molecule has 0 aliphatic carbocycles. The van der Waals surface area contributed by atoms with Gasteiger partial charge in [-0.05, 0) is 0 Å². The molecule has 0 radical (unpaired) electrons. The molecule has 0 heterocycles. The van der Waals surface area contributed by atoms with Gasteiger partial charge in [0.05, 0.1) is 7.11 Å². The van der Waals surface area contributed by atoms with Crippen LogP contribution in [0.4, 0.5) is 0 Å². The van der Waals surface area contributed by atoms with Gasteiger partial charge in [0.2, 0.25) is 0 Å². The standard InChI is InChI=1S/C5H7O3.W/c1-8-5(7)3-2-4-6;/h2-3H2,1H3;/q-1;. The molecule has 3 nitrogen and oxygen atoms in total. The second-order valence-corrected chi connectivity index (χ2v) is 1.22. The van der Waals surface area contributed by atoms with Crippen molar-refractivity contribution in [2.75, 3.05) is 7.11 Å². The number of ether oxygens (including phenoxy) is 1. The number of rotatable bonds is 3. The fraction of sp³-hybridized carbons (Fsp3) is 0.600. The van der Waals surface area contributed by atoms with E-state index in [4.69, 9.17) is 0 Å². The molecule has 52 valence electrons. The molecule has 0 saturated heterocycles. The van der Waals surface area contributed by atoms with Gasteiger partial charge in [-0.15, -0.1) is 6.42 Å². The first kappa shape index (κ1) is 11.6. The Morgan fingerprint density at radius 3 is 2.56 bits per heavy atom. The predicted octanol–water partition coefficient (Wildman–Crippen LogP) is 0.0468. The number of hydrogen-bond acceptors (Lipinski definition) is 3. The molecule has 0 aliphatic heterocycles. The minimum Gasteiger partial charge on any atom is -0.542 e. The summed E-state index contributed by atoms with van der Waals surface area (Å²) >= 11 is 0. The van der Waals surface area contributed by atoms with Crippen molar-refractivity contribution in [2.45, 2.75) is 12.8 Å². The first-order valence-electron chi connectivity index (χ1n) is 2.23. The second kappa shape index (κ2) is 7.83. The zero-order valence-corrected chi connectivity index (χ0v) is 7.98. The molecule has 9 heavy (non-hydrogen) atoms. The van der Waals surface area contributed by atoms with E-state index in [0.29, 0.717) is 0 Å². The molecule has 0 amide bonds. The van der Waals surface area contributed by atoms with Gasteiger partial charge in [0.15, 0.2) is 0 Å². The fourth-order valence-corrected chi connectivity index (χ4v) is 0.255. The molecular formula is C5H7O3W-. The van der Waals surface area contributed by atoms with Crippen LogP contribution in [0.3, 0.4) is 0 Å². The van der Waals surface area contributed by atoms with E-state index < -0.39 is 0 Å². The molecule has 0 rings (SSSR count). The van der Waals surface area contributed by atoms with E-state index in [1.54, 1.807) is 6.29 Å². The van der Waals surface area contributed by atoms with Crippen molar-refractivity contribution in [1.29, 1.82) is 0 Å². The topological polar surface area (TPSA) is 43.4 Å². The van der Waals surface area contributed by atoms with Crippen LogP contribution in [0.2, 0.25) is 0 Å². The molecule has 4 heteroatoms. The van der Waals surface area contributed by atoms with Crippen LogP contribution in [-0.2, 0) is 35.4 Å². The maximum Gasteiger partial charge on any atom is 0.303 e. The summed E-state index contributed by atoms with van der Waals surface area (Å²) in [5.41, 5.74) is 0. The zero-order chi connectivity index (χ0) is 6.41. The fourth-order valence-electron chi connectivity index (χ4n) is 0.255. The third-order valence-corrected chi connectivity index (χ3v) is 0.659. The predicted molar refractivity (Wildman–Crippen MR) is 26.9 cm³/mol. The maximum absolute atomic E-state index is 10.2. The summed E-state index contributed by atoms with van der Waals surface area (Å²) in [5, 5.41) is 0. The summed E-state index contributed by atoms with van der Waals surface area (Å²) < 4.78 is 4.23. The van der Waals surface area contributed by atoms with Gasteiger partial charge in [-0.2, -0.15) is 0 Å². The van der Waals surface area contributed by atoms with Crippen LogP contribution in [0.5, 0.6) is 0 Å². The van der Waals surface area contributed by atoms with Gasteiger partial charge in [-0.3, -0.25) is 11.1 Å². The Kier molecular flexibility index (Phi) is 10.1. The monoisotopic (exact) mass is 299 g/mol. The Bertz CT molecular complexity index is 92.2. The van der Waals surface area contributed by atoms with Crippen molar-refractivity contribution >= 4 is 12.3 Å². The van der Waals surface area contributed by atoms with Crippen LogP contribution in [0, 0.1) is 0 Å². The molecule has 0 fully saturated rings. The average Bonchev–Trinajstić information content (AvgIpc) is 1.83. The molecular weight excluding hydrogens is 292 g/mol. The van der Waals surface area contributed by atoms with E-state index in [9.17, 15) is 9.59 Å². The third kappa shape index (κ3) is 7.83. The molecule has 0 aromatic carbocycles. The van der Waals surface area contributed by atoms with Gasteiger partial charge in [0, 0.05) is 27.5 Å². The summed E-state index contributed by atoms with van der Waals surface area (Å²) in [6.07, 6.45) is 1.85.